The first kappa shape index (κ1) is 22.7. The Labute approximate surface area is 203 Å². The van der Waals surface area contributed by atoms with Crippen LogP contribution in [-0.4, -0.2) is 54.3 Å². The molecule has 5 rings (SSSR count). The SMILES string of the molecule is Cc1c(Cl)cccc1Nc1c(-c2ccncc2OC[C@@H]2COCCN2)[nH]c2c1C(=O)N[C@H](C)C2. The fraction of sp³-hybridized carbons (Fsp3) is 0.360. The van der Waals surface area contributed by atoms with Crippen molar-refractivity contribution in [3.63, 3.8) is 0 Å². The third-order valence-corrected chi connectivity index (χ3v) is 6.62. The maximum atomic E-state index is 13.1. The van der Waals surface area contributed by atoms with Crippen molar-refractivity contribution < 1.29 is 14.3 Å². The molecule has 1 saturated heterocycles. The van der Waals surface area contributed by atoms with E-state index >= 15 is 0 Å². The van der Waals surface area contributed by atoms with Crippen LogP contribution in [0.4, 0.5) is 11.4 Å². The Morgan fingerprint density at radius 3 is 3.03 bits per heavy atom. The molecule has 0 bridgehead atoms. The zero-order valence-corrected chi connectivity index (χ0v) is 20.0. The van der Waals surface area contributed by atoms with Crippen LogP contribution >= 0.6 is 11.6 Å². The molecular weight excluding hydrogens is 454 g/mol. The number of amides is 1. The van der Waals surface area contributed by atoms with Gasteiger partial charge in [0.15, 0.2) is 0 Å². The van der Waals surface area contributed by atoms with Crippen molar-refractivity contribution >= 4 is 28.9 Å². The number of hydrogen-bond acceptors (Lipinski definition) is 6. The van der Waals surface area contributed by atoms with Gasteiger partial charge in [-0.3, -0.25) is 9.78 Å². The van der Waals surface area contributed by atoms with E-state index in [1.165, 1.54) is 0 Å². The Morgan fingerprint density at radius 2 is 2.21 bits per heavy atom. The quantitative estimate of drug-likeness (QED) is 0.427. The average Bonchev–Trinajstić information content (AvgIpc) is 3.19. The molecule has 2 aliphatic heterocycles. The first-order valence-electron chi connectivity index (χ1n) is 11.5. The maximum absolute atomic E-state index is 13.1. The van der Waals surface area contributed by atoms with E-state index in [0.29, 0.717) is 48.3 Å². The summed E-state index contributed by atoms with van der Waals surface area (Å²) < 4.78 is 11.7. The number of rotatable bonds is 6. The molecule has 1 fully saturated rings. The van der Waals surface area contributed by atoms with Gasteiger partial charge in [0, 0.05) is 47.2 Å². The summed E-state index contributed by atoms with van der Waals surface area (Å²) in [5.74, 6) is 0.520. The van der Waals surface area contributed by atoms with Gasteiger partial charge in [-0.15, -0.1) is 0 Å². The van der Waals surface area contributed by atoms with E-state index < -0.39 is 0 Å². The van der Waals surface area contributed by atoms with Crippen LogP contribution in [0.3, 0.4) is 0 Å². The van der Waals surface area contributed by atoms with Gasteiger partial charge >= 0.3 is 0 Å². The van der Waals surface area contributed by atoms with E-state index in [9.17, 15) is 4.79 Å². The van der Waals surface area contributed by atoms with E-state index in [2.05, 4.69) is 25.9 Å². The normalized spacial score (nSPS) is 19.9. The van der Waals surface area contributed by atoms with Gasteiger partial charge in [0.1, 0.15) is 12.4 Å². The summed E-state index contributed by atoms with van der Waals surface area (Å²) in [5.41, 5.74) is 5.53. The minimum atomic E-state index is -0.112. The molecule has 2 atom stereocenters. The van der Waals surface area contributed by atoms with Crippen molar-refractivity contribution in [2.75, 3.05) is 31.7 Å². The second-order valence-electron chi connectivity index (χ2n) is 8.75. The highest BCUT2D eigenvalue weighted by molar-refractivity contribution is 6.31. The monoisotopic (exact) mass is 481 g/mol. The predicted octanol–water partition coefficient (Wildman–Crippen LogP) is 3.82. The smallest absolute Gasteiger partial charge is 0.255 e. The highest BCUT2D eigenvalue weighted by Crippen LogP contribution is 2.41. The van der Waals surface area contributed by atoms with Gasteiger partial charge in [0.05, 0.1) is 42.4 Å². The topological polar surface area (TPSA) is 100 Å². The van der Waals surface area contributed by atoms with E-state index in [4.69, 9.17) is 21.1 Å². The Morgan fingerprint density at radius 1 is 1.32 bits per heavy atom. The largest absolute Gasteiger partial charge is 0.490 e. The van der Waals surface area contributed by atoms with Crippen LogP contribution in [0.1, 0.15) is 28.5 Å². The van der Waals surface area contributed by atoms with Crippen molar-refractivity contribution in [2.24, 2.45) is 0 Å². The molecule has 3 aromatic rings. The lowest BCUT2D eigenvalue weighted by Crippen LogP contribution is -2.44. The number of aromatic nitrogens is 2. The molecule has 4 N–H and O–H groups in total. The molecule has 9 heteroatoms. The Kier molecular flexibility index (Phi) is 6.45. The van der Waals surface area contributed by atoms with Crippen LogP contribution in [0.15, 0.2) is 36.7 Å². The van der Waals surface area contributed by atoms with Gasteiger partial charge in [0.2, 0.25) is 0 Å². The van der Waals surface area contributed by atoms with E-state index in [1.54, 1.807) is 12.4 Å². The lowest BCUT2D eigenvalue weighted by molar-refractivity contribution is 0.0593. The maximum Gasteiger partial charge on any atom is 0.255 e. The van der Waals surface area contributed by atoms with E-state index in [1.807, 2.05) is 38.1 Å². The summed E-state index contributed by atoms with van der Waals surface area (Å²) in [6, 6.07) is 7.73. The molecule has 2 aromatic heterocycles. The highest BCUT2D eigenvalue weighted by Gasteiger charge is 2.31. The number of benzene rings is 1. The summed E-state index contributed by atoms with van der Waals surface area (Å²) in [5, 5.41) is 10.6. The number of aromatic amines is 1. The fourth-order valence-corrected chi connectivity index (χ4v) is 4.61. The number of H-pyrrole nitrogens is 1. The van der Waals surface area contributed by atoms with Crippen LogP contribution in [-0.2, 0) is 11.2 Å². The fourth-order valence-electron chi connectivity index (χ4n) is 4.43. The van der Waals surface area contributed by atoms with Crippen LogP contribution in [0.25, 0.3) is 11.3 Å². The molecule has 4 heterocycles. The average molecular weight is 482 g/mol. The number of hydrogen-bond donors (Lipinski definition) is 4. The van der Waals surface area contributed by atoms with Gasteiger partial charge in [-0.05, 0) is 37.6 Å². The van der Waals surface area contributed by atoms with E-state index in [-0.39, 0.29) is 18.0 Å². The molecule has 1 amide bonds. The van der Waals surface area contributed by atoms with Gasteiger partial charge in [-0.1, -0.05) is 17.7 Å². The van der Waals surface area contributed by atoms with Crippen molar-refractivity contribution in [3.05, 3.63) is 58.5 Å². The molecule has 0 unspecified atom stereocenters. The van der Waals surface area contributed by atoms with Crippen LogP contribution in [0, 0.1) is 6.92 Å². The van der Waals surface area contributed by atoms with Crippen LogP contribution in [0.5, 0.6) is 5.75 Å². The summed E-state index contributed by atoms with van der Waals surface area (Å²) in [6.07, 6.45) is 4.13. The van der Waals surface area contributed by atoms with Crippen molar-refractivity contribution in [1.29, 1.82) is 0 Å². The summed E-state index contributed by atoms with van der Waals surface area (Å²) in [7, 11) is 0. The minimum absolute atomic E-state index is 0.0396. The first-order chi connectivity index (χ1) is 16.5. The summed E-state index contributed by atoms with van der Waals surface area (Å²) in [4.78, 5) is 20.8. The Hall–Kier alpha value is -3.07. The molecule has 8 nitrogen and oxygen atoms in total. The highest BCUT2D eigenvalue weighted by atomic mass is 35.5. The standard InChI is InChI=1S/C25H28ClN5O3/c1-14-10-20-22(25(32)29-14)24(30-19-5-3-4-18(26)15(19)2)23(31-20)17-6-7-27-11-21(17)34-13-16-12-33-9-8-28-16/h3-7,11,14,16,28,30-31H,8-10,12-13H2,1-2H3,(H,29,32)/t14-,16+/m1/s1. The Balaban J connectivity index is 1.56. The number of carbonyl (C=O) groups excluding carboxylic acids is 1. The van der Waals surface area contributed by atoms with Gasteiger partial charge in [-0.25, -0.2) is 0 Å². The molecule has 178 valence electrons. The lowest BCUT2D eigenvalue weighted by atomic mass is 10.0. The zero-order chi connectivity index (χ0) is 23.7. The molecule has 1 aromatic carbocycles. The third-order valence-electron chi connectivity index (χ3n) is 6.21. The first-order valence-corrected chi connectivity index (χ1v) is 11.8. The summed E-state index contributed by atoms with van der Waals surface area (Å²) in [6.45, 7) is 6.51. The van der Waals surface area contributed by atoms with Crippen molar-refractivity contribution in [1.82, 2.24) is 20.6 Å². The van der Waals surface area contributed by atoms with E-state index in [0.717, 1.165) is 34.7 Å². The second kappa shape index (κ2) is 9.66. The number of anilines is 2. The molecule has 2 aliphatic rings. The number of carbonyl (C=O) groups is 1. The Bertz CT molecular complexity index is 1210. The molecule has 0 aliphatic carbocycles. The van der Waals surface area contributed by atoms with Crippen molar-refractivity contribution in [2.45, 2.75) is 32.4 Å². The van der Waals surface area contributed by atoms with Gasteiger partial charge in [-0.2, -0.15) is 0 Å². The van der Waals surface area contributed by atoms with Crippen LogP contribution in [0.2, 0.25) is 5.02 Å². The minimum Gasteiger partial charge on any atom is -0.490 e. The summed E-state index contributed by atoms with van der Waals surface area (Å²) >= 11 is 6.37. The third kappa shape index (κ3) is 4.49. The number of ether oxygens (including phenoxy) is 2. The number of nitrogens with zero attached hydrogens (tertiary/aromatic N) is 1. The van der Waals surface area contributed by atoms with Gasteiger partial charge < -0.3 is 30.4 Å². The molecule has 0 radical (unpaired) electrons. The van der Waals surface area contributed by atoms with Crippen molar-refractivity contribution in [3.8, 4) is 17.0 Å². The number of nitrogens with one attached hydrogen (secondary N) is 4. The predicted molar refractivity (Wildman–Crippen MR) is 132 cm³/mol. The molecular formula is C25H28ClN5O3. The van der Waals surface area contributed by atoms with Gasteiger partial charge in [0.25, 0.3) is 5.91 Å². The number of morpholine rings is 1. The second-order valence-corrected chi connectivity index (χ2v) is 9.16. The lowest BCUT2D eigenvalue weighted by Gasteiger charge is -2.24. The number of fused-ring (bicyclic) bond motifs is 1. The number of halogens is 1. The van der Waals surface area contributed by atoms with Crippen LogP contribution < -0.4 is 20.7 Å². The molecule has 34 heavy (non-hydrogen) atoms. The number of pyridine rings is 1. The molecule has 0 saturated carbocycles. The molecule has 0 spiro atoms. The zero-order valence-electron chi connectivity index (χ0n) is 19.2.